The Bertz CT molecular complexity index is 858. The van der Waals surface area contributed by atoms with Crippen molar-refractivity contribution in [3.8, 4) is 5.69 Å². The molecule has 2 aromatic carbocycles. The quantitative estimate of drug-likeness (QED) is 0.634. The highest BCUT2D eigenvalue weighted by molar-refractivity contribution is 9.10. The number of ether oxygens (including phenoxy) is 1. The molecular weight excluding hydrogens is 394 g/mol. The van der Waals surface area contributed by atoms with E-state index in [1.165, 1.54) is 0 Å². The van der Waals surface area contributed by atoms with Crippen molar-refractivity contribution in [2.75, 3.05) is 6.61 Å². The van der Waals surface area contributed by atoms with E-state index in [1.807, 2.05) is 55.5 Å². The van der Waals surface area contributed by atoms with Crippen LogP contribution < -0.4 is 5.32 Å². The molecule has 5 nitrogen and oxygen atoms in total. The Morgan fingerprint density at radius 1 is 1.12 bits per heavy atom. The maximum absolute atomic E-state index is 12.3. The summed E-state index contributed by atoms with van der Waals surface area (Å²) in [4.78, 5) is 12.3. The van der Waals surface area contributed by atoms with E-state index in [9.17, 15) is 4.79 Å². The van der Waals surface area contributed by atoms with Crippen molar-refractivity contribution < 1.29 is 9.53 Å². The molecular formula is C20H20BrN3O2. The molecule has 1 amide bonds. The first kappa shape index (κ1) is 18.4. The molecule has 3 aromatic rings. The Morgan fingerprint density at radius 2 is 1.81 bits per heavy atom. The standard InChI is InChI=1S/C20H20BrN3O2/c1-2-26-14-16-5-3-15(4-6-16)11-22-20(25)17-12-23-24(13-17)19-9-7-18(21)8-10-19/h3-10,12-13H,2,11,14H2,1H3,(H,22,25). The summed E-state index contributed by atoms with van der Waals surface area (Å²) in [7, 11) is 0. The van der Waals surface area contributed by atoms with E-state index in [0.29, 0.717) is 25.3 Å². The van der Waals surface area contributed by atoms with E-state index in [0.717, 1.165) is 21.3 Å². The van der Waals surface area contributed by atoms with Crippen molar-refractivity contribution in [2.24, 2.45) is 0 Å². The predicted octanol–water partition coefficient (Wildman–Crippen LogP) is 4.10. The Hall–Kier alpha value is -2.44. The normalized spacial score (nSPS) is 10.7. The van der Waals surface area contributed by atoms with Crippen molar-refractivity contribution in [2.45, 2.75) is 20.1 Å². The van der Waals surface area contributed by atoms with Gasteiger partial charge in [-0.15, -0.1) is 0 Å². The minimum absolute atomic E-state index is 0.147. The molecule has 0 radical (unpaired) electrons. The minimum Gasteiger partial charge on any atom is -0.377 e. The lowest BCUT2D eigenvalue weighted by Gasteiger charge is -2.06. The fourth-order valence-electron chi connectivity index (χ4n) is 2.43. The smallest absolute Gasteiger partial charge is 0.254 e. The van der Waals surface area contributed by atoms with Crippen molar-refractivity contribution in [3.05, 3.63) is 82.1 Å². The summed E-state index contributed by atoms with van der Waals surface area (Å²) >= 11 is 3.41. The highest BCUT2D eigenvalue weighted by Crippen LogP contribution is 2.14. The number of hydrogen-bond acceptors (Lipinski definition) is 3. The van der Waals surface area contributed by atoms with E-state index in [-0.39, 0.29) is 5.91 Å². The monoisotopic (exact) mass is 413 g/mol. The third-order valence-corrected chi connectivity index (χ3v) is 4.41. The van der Waals surface area contributed by atoms with Crippen LogP contribution in [0.25, 0.3) is 5.69 Å². The molecule has 0 aliphatic carbocycles. The van der Waals surface area contributed by atoms with Gasteiger partial charge in [-0.2, -0.15) is 5.10 Å². The molecule has 1 aromatic heterocycles. The molecule has 0 atom stereocenters. The number of carbonyl (C=O) groups is 1. The maximum atomic E-state index is 12.3. The molecule has 3 rings (SSSR count). The average Bonchev–Trinajstić information content (AvgIpc) is 3.16. The number of halogens is 1. The third-order valence-electron chi connectivity index (χ3n) is 3.88. The summed E-state index contributed by atoms with van der Waals surface area (Å²) < 4.78 is 8.06. The molecule has 0 fully saturated rings. The molecule has 0 unspecified atom stereocenters. The van der Waals surface area contributed by atoms with Crippen LogP contribution >= 0.6 is 15.9 Å². The number of hydrogen-bond donors (Lipinski definition) is 1. The van der Waals surface area contributed by atoms with Crippen LogP contribution in [0.3, 0.4) is 0 Å². The zero-order chi connectivity index (χ0) is 18.4. The lowest BCUT2D eigenvalue weighted by molar-refractivity contribution is 0.0951. The first-order valence-electron chi connectivity index (χ1n) is 8.40. The first-order chi connectivity index (χ1) is 12.7. The summed E-state index contributed by atoms with van der Waals surface area (Å²) in [5, 5.41) is 7.18. The molecule has 0 spiro atoms. The van der Waals surface area contributed by atoms with Crippen LogP contribution in [0, 0.1) is 0 Å². The third kappa shape index (κ3) is 4.80. The van der Waals surface area contributed by atoms with Crippen molar-refractivity contribution in [3.63, 3.8) is 0 Å². The van der Waals surface area contributed by atoms with Gasteiger partial charge >= 0.3 is 0 Å². The van der Waals surface area contributed by atoms with Gasteiger partial charge in [0.15, 0.2) is 0 Å². The van der Waals surface area contributed by atoms with Gasteiger partial charge in [-0.1, -0.05) is 40.2 Å². The topological polar surface area (TPSA) is 56.1 Å². The zero-order valence-electron chi connectivity index (χ0n) is 14.5. The number of carbonyl (C=O) groups excluding carboxylic acids is 1. The van der Waals surface area contributed by atoms with Crippen LogP contribution in [0.1, 0.15) is 28.4 Å². The molecule has 134 valence electrons. The van der Waals surface area contributed by atoms with E-state index in [2.05, 4.69) is 26.3 Å². The van der Waals surface area contributed by atoms with Crippen molar-refractivity contribution in [1.82, 2.24) is 15.1 Å². The number of rotatable bonds is 7. The van der Waals surface area contributed by atoms with Crippen LogP contribution in [0.2, 0.25) is 0 Å². The van der Waals surface area contributed by atoms with Gasteiger partial charge in [-0.25, -0.2) is 4.68 Å². The molecule has 1 heterocycles. The van der Waals surface area contributed by atoms with Gasteiger partial charge in [0.05, 0.1) is 24.1 Å². The van der Waals surface area contributed by atoms with Crippen molar-refractivity contribution in [1.29, 1.82) is 0 Å². The number of amides is 1. The summed E-state index contributed by atoms with van der Waals surface area (Å²) in [6.07, 6.45) is 3.30. The van der Waals surface area contributed by atoms with E-state index in [4.69, 9.17) is 4.74 Å². The fourth-order valence-corrected chi connectivity index (χ4v) is 2.70. The molecule has 0 saturated heterocycles. The molecule has 26 heavy (non-hydrogen) atoms. The summed E-state index contributed by atoms with van der Waals surface area (Å²) in [6.45, 7) is 3.75. The maximum Gasteiger partial charge on any atom is 0.254 e. The molecule has 0 aliphatic rings. The number of benzene rings is 2. The zero-order valence-corrected chi connectivity index (χ0v) is 16.1. The number of nitrogens with zero attached hydrogens (tertiary/aromatic N) is 2. The Morgan fingerprint density at radius 3 is 2.50 bits per heavy atom. The highest BCUT2D eigenvalue weighted by atomic mass is 79.9. The van der Waals surface area contributed by atoms with Gasteiger partial charge in [0.1, 0.15) is 0 Å². The molecule has 1 N–H and O–H groups in total. The lowest BCUT2D eigenvalue weighted by atomic mass is 10.1. The van der Waals surface area contributed by atoms with Crippen LogP contribution in [-0.4, -0.2) is 22.3 Å². The van der Waals surface area contributed by atoms with Gasteiger partial charge in [-0.3, -0.25) is 4.79 Å². The minimum atomic E-state index is -0.147. The molecule has 0 aliphatic heterocycles. The van der Waals surface area contributed by atoms with Gasteiger partial charge in [-0.05, 0) is 42.3 Å². The van der Waals surface area contributed by atoms with Gasteiger partial charge < -0.3 is 10.1 Å². The second-order valence-corrected chi connectivity index (χ2v) is 6.70. The Balaban J connectivity index is 1.57. The summed E-state index contributed by atoms with van der Waals surface area (Å²) in [5.41, 5.74) is 3.59. The fraction of sp³-hybridized carbons (Fsp3) is 0.200. The second kappa shape index (κ2) is 8.78. The van der Waals surface area contributed by atoms with Crippen LogP contribution in [-0.2, 0) is 17.9 Å². The molecule has 0 saturated carbocycles. The van der Waals surface area contributed by atoms with Gasteiger partial charge in [0.2, 0.25) is 0 Å². The molecule has 6 heteroatoms. The van der Waals surface area contributed by atoms with Crippen LogP contribution in [0.15, 0.2) is 65.4 Å². The summed E-state index contributed by atoms with van der Waals surface area (Å²) in [6, 6.07) is 15.8. The highest BCUT2D eigenvalue weighted by Gasteiger charge is 2.09. The Kier molecular flexibility index (Phi) is 6.20. The SMILES string of the molecule is CCOCc1ccc(CNC(=O)c2cnn(-c3ccc(Br)cc3)c2)cc1. The van der Waals surface area contributed by atoms with Crippen molar-refractivity contribution >= 4 is 21.8 Å². The van der Waals surface area contributed by atoms with Crippen LogP contribution in [0.5, 0.6) is 0 Å². The second-order valence-electron chi connectivity index (χ2n) is 5.79. The number of nitrogens with one attached hydrogen (secondary N) is 1. The van der Waals surface area contributed by atoms with E-state index >= 15 is 0 Å². The Labute approximate surface area is 161 Å². The summed E-state index contributed by atoms with van der Waals surface area (Å²) in [5.74, 6) is -0.147. The van der Waals surface area contributed by atoms with E-state index < -0.39 is 0 Å². The number of aromatic nitrogens is 2. The van der Waals surface area contributed by atoms with Crippen LogP contribution in [0.4, 0.5) is 0 Å². The lowest BCUT2D eigenvalue weighted by Crippen LogP contribution is -2.22. The van der Waals surface area contributed by atoms with Gasteiger partial charge in [0.25, 0.3) is 5.91 Å². The largest absolute Gasteiger partial charge is 0.377 e. The van der Waals surface area contributed by atoms with Gasteiger partial charge in [0, 0.05) is 23.8 Å². The predicted molar refractivity (Wildman–Crippen MR) is 104 cm³/mol. The van der Waals surface area contributed by atoms with E-state index in [1.54, 1.807) is 17.1 Å². The molecule has 0 bridgehead atoms. The first-order valence-corrected chi connectivity index (χ1v) is 9.19. The average molecular weight is 414 g/mol.